The third-order valence-electron chi connectivity index (χ3n) is 3.36. The van der Waals surface area contributed by atoms with E-state index in [4.69, 9.17) is 33.7 Å². The lowest BCUT2D eigenvalue weighted by molar-refractivity contribution is -0.117. The Balaban J connectivity index is 2.05. The molecule has 1 saturated heterocycles. The largest absolute Gasteiger partial charge is 0.369 e. The first-order chi connectivity index (χ1) is 11.0. The number of halogens is 2. The minimum absolute atomic E-state index is 0.0502. The van der Waals surface area contributed by atoms with Crippen LogP contribution in [-0.2, 0) is 16.0 Å². The fourth-order valence-electron chi connectivity index (χ4n) is 2.37. The van der Waals surface area contributed by atoms with Gasteiger partial charge in [0.1, 0.15) is 6.10 Å². The van der Waals surface area contributed by atoms with E-state index in [2.05, 4.69) is 15.4 Å². The van der Waals surface area contributed by atoms with E-state index in [0.29, 0.717) is 40.5 Å². The molecule has 1 aliphatic rings. The van der Waals surface area contributed by atoms with E-state index < -0.39 is 5.91 Å². The zero-order chi connectivity index (χ0) is 16.4. The Bertz CT molecular complexity index is 728. The van der Waals surface area contributed by atoms with Crippen molar-refractivity contribution in [3.05, 3.63) is 39.9 Å². The van der Waals surface area contributed by atoms with E-state index in [1.165, 1.54) is 0 Å². The molecular weight excluding hydrogens is 341 g/mol. The molecule has 1 aromatic carbocycles. The van der Waals surface area contributed by atoms with Crippen molar-refractivity contribution in [2.24, 2.45) is 5.73 Å². The topological polar surface area (TPSA) is 95.1 Å². The van der Waals surface area contributed by atoms with E-state index in [1.54, 1.807) is 22.9 Å². The first-order valence-electron chi connectivity index (χ1n) is 7.06. The van der Waals surface area contributed by atoms with Gasteiger partial charge in [0, 0.05) is 18.1 Å². The fraction of sp³-hybridized carbons (Fsp3) is 0.357. The molecule has 1 amide bonds. The Labute approximate surface area is 142 Å². The summed E-state index contributed by atoms with van der Waals surface area (Å²) in [5.74, 6) is 0.393. The Kier molecular flexibility index (Phi) is 4.82. The van der Waals surface area contributed by atoms with Crippen LogP contribution in [0.1, 0.15) is 17.8 Å². The quantitative estimate of drug-likeness (QED) is 0.860. The zero-order valence-electron chi connectivity index (χ0n) is 12.1. The van der Waals surface area contributed by atoms with Crippen molar-refractivity contribution in [3.8, 4) is 5.69 Å². The van der Waals surface area contributed by atoms with Gasteiger partial charge in [-0.3, -0.25) is 4.79 Å². The van der Waals surface area contributed by atoms with Crippen LogP contribution in [0.2, 0.25) is 10.0 Å². The predicted octanol–water partition coefficient (Wildman–Crippen LogP) is 1.26. The second kappa shape index (κ2) is 6.84. The highest BCUT2D eigenvalue weighted by molar-refractivity contribution is 6.35. The third-order valence-corrected chi connectivity index (χ3v) is 3.90. The van der Waals surface area contributed by atoms with Crippen molar-refractivity contribution < 1.29 is 9.53 Å². The van der Waals surface area contributed by atoms with E-state index in [9.17, 15) is 4.79 Å². The van der Waals surface area contributed by atoms with Crippen LogP contribution >= 0.6 is 23.2 Å². The highest BCUT2D eigenvalue weighted by Gasteiger charge is 2.25. The van der Waals surface area contributed by atoms with E-state index in [-0.39, 0.29) is 12.5 Å². The maximum Gasteiger partial charge on any atom is 0.225 e. The van der Waals surface area contributed by atoms with Gasteiger partial charge in [0.15, 0.2) is 11.6 Å². The molecule has 2 aromatic rings. The van der Waals surface area contributed by atoms with Gasteiger partial charge in [0.05, 0.1) is 23.7 Å². The second-order valence-electron chi connectivity index (χ2n) is 5.10. The molecular formula is C14H15Cl2N5O2. The molecule has 0 bridgehead atoms. The summed E-state index contributed by atoms with van der Waals surface area (Å²) in [4.78, 5) is 15.6. The van der Waals surface area contributed by atoms with Gasteiger partial charge in [-0.25, -0.2) is 9.67 Å². The van der Waals surface area contributed by atoms with E-state index >= 15 is 0 Å². The Morgan fingerprint density at radius 1 is 1.48 bits per heavy atom. The number of benzene rings is 1. The van der Waals surface area contributed by atoms with E-state index in [0.717, 1.165) is 6.54 Å². The van der Waals surface area contributed by atoms with Crippen LogP contribution in [0.3, 0.4) is 0 Å². The predicted molar refractivity (Wildman–Crippen MR) is 85.8 cm³/mol. The molecule has 122 valence electrons. The fourth-order valence-corrected chi connectivity index (χ4v) is 2.86. The molecule has 1 aliphatic heterocycles. The Morgan fingerprint density at radius 3 is 2.96 bits per heavy atom. The number of carbonyl (C=O) groups is 1. The number of nitrogens with zero attached hydrogens (tertiary/aromatic N) is 3. The summed E-state index contributed by atoms with van der Waals surface area (Å²) in [5.41, 5.74) is 5.85. The number of carbonyl (C=O) groups excluding carboxylic acids is 1. The first-order valence-corrected chi connectivity index (χ1v) is 7.82. The molecule has 0 aliphatic carbocycles. The van der Waals surface area contributed by atoms with Gasteiger partial charge in [0.25, 0.3) is 0 Å². The summed E-state index contributed by atoms with van der Waals surface area (Å²) in [5, 5.41) is 8.54. The van der Waals surface area contributed by atoms with Gasteiger partial charge in [0.2, 0.25) is 5.91 Å². The molecule has 9 heteroatoms. The number of primary amides is 1. The van der Waals surface area contributed by atoms with Gasteiger partial charge < -0.3 is 15.8 Å². The van der Waals surface area contributed by atoms with Crippen molar-refractivity contribution in [2.45, 2.75) is 12.5 Å². The number of aromatic nitrogens is 3. The van der Waals surface area contributed by atoms with Crippen LogP contribution in [0.4, 0.5) is 0 Å². The number of amides is 1. The summed E-state index contributed by atoms with van der Waals surface area (Å²) in [6.07, 6.45) is -0.338. The summed E-state index contributed by atoms with van der Waals surface area (Å²) >= 11 is 12.2. The van der Waals surface area contributed by atoms with Crippen molar-refractivity contribution in [1.82, 2.24) is 20.1 Å². The van der Waals surface area contributed by atoms with Gasteiger partial charge in [-0.15, -0.1) is 0 Å². The second-order valence-corrected chi connectivity index (χ2v) is 5.94. The van der Waals surface area contributed by atoms with Crippen LogP contribution in [0.15, 0.2) is 18.2 Å². The Morgan fingerprint density at radius 2 is 2.30 bits per heavy atom. The summed E-state index contributed by atoms with van der Waals surface area (Å²) in [7, 11) is 0. The normalized spacial score (nSPS) is 18.1. The first kappa shape index (κ1) is 16.2. The van der Waals surface area contributed by atoms with Crippen molar-refractivity contribution in [1.29, 1.82) is 0 Å². The number of ether oxygens (including phenoxy) is 1. The lowest BCUT2D eigenvalue weighted by atomic mass is 10.2. The highest BCUT2D eigenvalue weighted by Crippen LogP contribution is 2.27. The maximum atomic E-state index is 11.2. The zero-order valence-corrected chi connectivity index (χ0v) is 13.6. The molecule has 0 spiro atoms. The van der Waals surface area contributed by atoms with Crippen LogP contribution < -0.4 is 11.1 Å². The third kappa shape index (κ3) is 3.64. The number of hydrogen-bond acceptors (Lipinski definition) is 5. The van der Waals surface area contributed by atoms with Crippen LogP contribution in [-0.4, -0.2) is 40.4 Å². The number of nitrogens with one attached hydrogen (secondary N) is 1. The van der Waals surface area contributed by atoms with Crippen LogP contribution in [0.5, 0.6) is 0 Å². The van der Waals surface area contributed by atoms with Gasteiger partial charge >= 0.3 is 0 Å². The lowest BCUT2D eigenvalue weighted by Gasteiger charge is -2.23. The minimum atomic E-state index is -0.501. The van der Waals surface area contributed by atoms with Crippen LogP contribution in [0, 0.1) is 0 Å². The average Bonchev–Trinajstić information content (AvgIpc) is 2.91. The number of morpholine rings is 1. The average molecular weight is 356 g/mol. The molecule has 0 radical (unpaired) electrons. The standard InChI is InChI=1S/C14H15Cl2N5O2/c15-8-1-2-10(9(16)5-8)21-14(11-7-18-3-4-23-11)19-13(20-21)6-12(17)22/h1-2,5,11,18H,3-4,6-7H2,(H2,17,22). The van der Waals surface area contributed by atoms with Crippen molar-refractivity contribution >= 4 is 29.1 Å². The molecule has 1 atom stereocenters. The van der Waals surface area contributed by atoms with Crippen molar-refractivity contribution in [2.75, 3.05) is 19.7 Å². The smallest absolute Gasteiger partial charge is 0.225 e. The SMILES string of the molecule is NC(=O)Cc1nc(C2CNCCO2)n(-c2ccc(Cl)cc2Cl)n1. The van der Waals surface area contributed by atoms with Gasteiger partial charge in [-0.1, -0.05) is 23.2 Å². The molecule has 1 unspecified atom stereocenters. The monoisotopic (exact) mass is 355 g/mol. The molecule has 2 heterocycles. The summed E-state index contributed by atoms with van der Waals surface area (Å²) < 4.78 is 7.31. The molecule has 3 N–H and O–H groups in total. The molecule has 3 rings (SSSR count). The Hall–Kier alpha value is -1.67. The minimum Gasteiger partial charge on any atom is -0.369 e. The number of hydrogen-bond donors (Lipinski definition) is 2. The maximum absolute atomic E-state index is 11.2. The van der Waals surface area contributed by atoms with Crippen molar-refractivity contribution in [3.63, 3.8) is 0 Å². The lowest BCUT2D eigenvalue weighted by Crippen LogP contribution is -2.34. The summed E-state index contributed by atoms with van der Waals surface area (Å²) in [6.45, 7) is 1.94. The molecule has 23 heavy (non-hydrogen) atoms. The van der Waals surface area contributed by atoms with E-state index in [1.807, 2.05) is 0 Å². The molecule has 1 aromatic heterocycles. The molecule has 1 fully saturated rings. The highest BCUT2D eigenvalue weighted by atomic mass is 35.5. The van der Waals surface area contributed by atoms with Gasteiger partial charge in [-0.2, -0.15) is 5.10 Å². The molecule has 7 nitrogen and oxygen atoms in total. The summed E-state index contributed by atoms with van der Waals surface area (Å²) in [6, 6.07) is 5.08. The number of rotatable bonds is 4. The molecule has 0 saturated carbocycles. The van der Waals surface area contributed by atoms with Gasteiger partial charge in [-0.05, 0) is 18.2 Å². The number of nitrogens with two attached hydrogens (primary N) is 1. The van der Waals surface area contributed by atoms with Crippen LogP contribution in [0.25, 0.3) is 5.69 Å².